The second-order valence-electron chi connectivity index (χ2n) is 4.59. The van der Waals surface area contributed by atoms with E-state index in [1.54, 1.807) is 7.11 Å². The molecule has 1 aliphatic rings. The molecule has 1 unspecified atom stereocenters. The van der Waals surface area contributed by atoms with Crippen molar-refractivity contribution in [1.82, 2.24) is 0 Å². The monoisotopic (exact) mass is 259 g/mol. The Morgan fingerprint density at radius 2 is 2.17 bits per heavy atom. The van der Waals surface area contributed by atoms with Gasteiger partial charge in [-0.15, -0.1) is 11.3 Å². The Hall–Kier alpha value is -1.48. The average molecular weight is 259 g/mol. The lowest BCUT2D eigenvalue weighted by Crippen LogP contribution is -2.16. The summed E-state index contributed by atoms with van der Waals surface area (Å²) in [5, 5.41) is 5.83. The molecule has 0 saturated heterocycles. The van der Waals surface area contributed by atoms with Crippen LogP contribution in [0.15, 0.2) is 35.7 Å². The summed E-state index contributed by atoms with van der Waals surface area (Å²) in [5.41, 5.74) is 2.56. The van der Waals surface area contributed by atoms with Gasteiger partial charge in [-0.1, -0.05) is 12.1 Å². The molecule has 0 amide bonds. The Bertz CT molecular complexity index is 535. The molecule has 0 saturated carbocycles. The van der Waals surface area contributed by atoms with E-state index in [0.29, 0.717) is 6.04 Å². The summed E-state index contributed by atoms with van der Waals surface area (Å²) in [4.78, 5) is 1.54. The van der Waals surface area contributed by atoms with Gasteiger partial charge < -0.3 is 10.1 Å². The molecule has 3 heteroatoms. The molecule has 1 aromatic carbocycles. The highest BCUT2D eigenvalue weighted by molar-refractivity contribution is 7.10. The van der Waals surface area contributed by atoms with Crippen LogP contribution in [0.2, 0.25) is 0 Å². The van der Waals surface area contributed by atoms with E-state index in [9.17, 15) is 0 Å². The molecule has 1 atom stereocenters. The summed E-state index contributed by atoms with van der Waals surface area (Å²) in [6, 6.07) is 10.8. The number of fused-ring (bicyclic) bond motifs is 1. The van der Waals surface area contributed by atoms with Gasteiger partial charge in [0.1, 0.15) is 5.75 Å². The van der Waals surface area contributed by atoms with E-state index in [1.807, 2.05) is 29.5 Å². The van der Waals surface area contributed by atoms with E-state index in [4.69, 9.17) is 4.74 Å². The van der Waals surface area contributed by atoms with Crippen LogP contribution < -0.4 is 10.1 Å². The van der Waals surface area contributed by atoms with Crippen molar-refractivity contribution in [1.29, 1.82) is 0 Å². The number of aryl methyl sites for hydroxylation is 1. The summed E-state index contributed by atoms with van der Waals surface area (Å²) < 4.78 is 5.40. The van der Waals surface area contributed by atoms with E-state index < -0.39 is 0 Å². The van der Waals surface area contributed by atoms with E-state index in [0.717, 1.165) is 11.4 Å². The highest BCUT2D eigenvalue weighted by atomic mass is 32.1. The number of thiophene rings is 1. The first-order chi connectivity index (χ1) is 8.88. The summed E-state index contributed by atoms with van der Waals surface area (Å²) in [5.74, 6) is 0.917. The van der Waals surface area contributed by atoms with E-state index >= 15 is 0 Å². The first-order valence-electron chi connectivity index (χ1n) is 6.34. The van der Waals surface area contributed by atoms with Crippen LogP contribution in [-0.2, 0) is 6.42 Å². The van der Waals surface area contributed by atoms with Crippen LogP contribution in [0, 0.1) is 0 Å². The van der Waals surface area contributed by atoms with Crippen molar-refractivity contribution in [2.24, 2.45) is 0 Å². The quantitative estimate of drug-likeness (QED) is 0.890. The van der Waals surface area contributed by atoms with Crippen molar-refractivity contribution in [3.05, 3.63) is 46.2 Å². The van der Waals surface area contributed by atoms with Crippen molar-refractivity contribution >= 4 is 17.0 Å². The highest BCUT2D eigenvalue weighted by Gasteiger charge is 2.21. The van der Waals surface area contributed by atoms with Crippen molar-refractivity contribution < 1.29 is 4.74 Å². The zero-order valence-corrected chi connectivity index (χ0v) is 11.3. The zero-order chi connectivity index (χ0) is 12.4. The third-order valence-electron chi connectivity index (χ3n) is 3.49. The van der Waals surface area contributed by atoms with Gasteiger partial charge in [-0.2, -0.15) is 0 Å². The van der Waals surface area contributed by atoms with Crippen LogP contribution in [0.1, 0.15) is 29.3 Å². The lowest BCUT2D eigenvalue weighted by molar-refractivity contribution is 0.415. The van der Waals surface area contributed by atoms with Crippen LogP contribution in [0.3, 0.4) is 0 Å². The molecule has 0 fully saturated rings. The molecule has 1 aromatic heterocycles. The smallest absolute Gasteiger partial charge is 0.141 e. The maximum atomic E-state index is 5.40. The summed E-state index contributed by atoms with van der Waals surface area (Å²) >= 11 is 1.88. The number of methoxy groups -OCH3 is 1. The summed E-state index contributed by atoms with van der Waals surface area (Å²) in [6.07, 6.45) is 3.69. The van der Waals surface area contributed by atoms with Crippen molar-refractivity contribution in [2.45, 2.75) is 25.3 Å². The molecule has 18 heavy (non-hydrogen) atoms. The molecule has 0 radical (unpaired) electrons. The fraction of sp³-hybridized carbons (Fsp3) is 0.333. The molecule has 0 aliphatic heterocycles. The van der Waals surface area contributed by atoms with Crippen LogP contribution in [0.4, 0.5) is 5.69 Å². The largest absolute Gasteiger partial charge is 0.495 e. The van der Waals surface area contributed by atoms with Gasteiger partial charge in [0.2, 0.25) is 0 Å². The third kappa shape index (κ3) is 2.10. The molecule has 0 spiro atoms. The van der Waals surface area contributed by atoms with Gasteiger partial charge in [0.25, 0.3) is 0 Å². The van der Waals surface area contributed by atoms with Gasteiger partial charge >= 0.3 is 0 Å². The normalized spacial score (nSPS) is 18.2. The fourth-order valence-corrected chi connectivity index (χ4v) is 3.58. The Balaban J connectivity index is 1.86. The van der Waals surface area contributed by atoms with E-state index in [2.05, 4.69) is 22.8 Å². The molecule has 0 bridgehead atoms. The minimum atomic E-state index is 0.427. The number of ether oxygens (including phenoxy) is 1. The Morgan fingerprint density at radius 3 is 3.06 bits per heavy atom. The number of rotatable bonds is 3. The fourth-order valence-electron chi connectivity index (χ4n) is 2.59. The molecule has 2 aromatic rings. The first-order valence-corrected chi connectivity index (χ1v) is 7.22. The van der Waals surface area contributed by atoms with Crippen LogP contribution in [0.25, 0.3) is 0 Å². The van der Waals surface area contributed by atoms with Crippen molar-refractivity contribution in [2.75, 3.05) is 12.4 Å². The molecule has 94 valence electrons. The number of hydrogen-bond donors (Lipinski definition) is 1. The van der Waals surface area contributed by atoms with Gasteiger partial charge in [0, 0.05) is 4.88 Å². The average Bonchev–Trinajstić information content (AvgIpc) is 2.89. The second-order valence-corrected chi connectivity index (χ2v) is 5.59. The summed E-state index contributed by atoms with van der Waals surface area (Å²) in [7, 11) is 1.72. The van der Waals surface area contributed by atoms with Gasteiger partial charge in [0.15, 0.2) is 0 Å². The molecule has 1 aliphatic carbocycles. The highest BCUT2D eigenvalue weighted by Crippen LogP contribution is 2.37. The summed E-state index contributed by atoms with van der Waals surface area (Å²) in [6.45, 7) is 0. The predicted octanol–water partition coefficient (Wildman–Crippen LogP) is 4.25. The van der Waals surface area contributed by atoms with Crippen LogP contribution in [-0.4, -0.2) is 7.11 Å². The minimum Gasteiger partial charge on any atom is -0.495 e. The van der Waals surface area contributed by atoms with Crippen molar-refractivity contribution in [3.63, 3.8) is 0 Å². The van der Waals surface area contributed by atoms with Gasteiger partial charge in [-0.25, -0.2) is 0 Å². The van der Waals surface area contributed by atoms with Crippen LogP contribution >= 0.6 is 11.3 Å². The minimum absolute atomic E-state index is 0.427. The Labute approximate surface area is 112 Å². The topological polar surface area (TPSA) is 21.3 Å². The van der Waals surface area contributed by atoms with Gasteiger partial charge in [-0.3, -0.25) is 0 Å². The van der Waals surface area contributed by atoms with Crippen molar-refractivity contribution in [3.8, 4) is 5.75 Å². The van der Waals surface area contributed by atoms with Crippen LogP contribution in [0.5, 0.6) is 5.75 Å². The van der Waals surface area contributed by atoms with E-state index in [-0.39, 0.29) is 0 Å². The second kappa shape index (κ2) is 5.02. The first kappa shape index (κ1) is 11.6. The SMILES string of the molecule is COc1ccccc1NC1CCCc2sccc21. The molecular formula is C15H17NOS. The molecular weight excluding hydrogens is 242 g/mol. The third-order valence-corrected chi connectivity index (χ3v) is 4.49. The van der Waals surface area contributed by atoms with Gasteiger partial charge in [-0.05, 0) is 48.4 Å². The number of hydrogen-bond acceptors (Lipinski definition) is 3. The molecule has 1 heterocycles. The number of anilines is 1. The number of benzene rings is 1. The van der Waals surface area contributed by atoms with Gasteiger partial charge in [0.05, 0.1) is 18.8 Å². The standard InChI is InChI=1S/C15H17NOS/c1-17-14-7-3-2-5-13(14)16-12-6-4-8-15-11(12)9-10-18-15/h2-3,5,7,9-10,12,16H,4,6,8H2,1H3. The molecule has 3 rings (SSSR count). The number of nitrogens with one attached hydrogen (secondary N) is 1. The molecule has 1 N–H and O–H groups in total. The number of para-hydroxylation sites is 2. The Kier molecular flexibility index (Phi) is 3.24. The maximum Gasteiger partial charge on any atom is 0.141 e. The Morgan fingerprint density at radius 1 is 1.28 bits per heavy atom. The zero-order valence-electron chi connectivity index (χ0n) is 10.5. The lowest BCUT2D eigenvalue weighted by atomic mass is 9.94. The predicted molar refractivity (Wildman–Crippen MR) is 76.6 cm³/mol. The lowest BCUT2D eigenvalue weighted by Gasteiger charge is -2.25. The van der Waals surface area contributed by atoms with E-state index in [1.165, 1.54) is 29.7 Å². The molecule has 2 nitrogen and oxygen atoms in total. The maximum absolute atomic E-state index is 5.40.